The van der Waals surface area contributed by atoms with Gasteiger partial charge in [-0.3, -0.25) is 10.1 Å². The summed E-state index contributed by atoms with van der Waals surface area (Å²) in [5, 5.41) is 11.0. The van der Waals surface area contributed by atoms with Gasteiger partial charge in [-0.15, -0.1) is 0 Å². The molecule has 1 unspecified atom stereocenters. The molecule has 0 aromatic carbocycles. The first-order chi connectivity index (χ1) is 8.86. The number of amides is 3. The molecule has 1 saturated heterocycles. The lowest BCUT2D eigenvalue weighted by atomic mass is 10.1. The second-order valence-electron chi connectivity index (χ2n) is 4.82. The summed E-state index contributed by atoms with van der Waals surface area (Å²) in [7, 11) is 0. The average Bonchev–Trinajstić information content (AvgIpc) is 2.85. The van der Waals surface area contributed by atoms with Gasteiger partial charge in [0.15, 0.2) is 0 Å². The van der Waals surface area contributed by atoms with Crippen molar-refractivity contribution in [2.24, 2.45) is 5.92 Å². The summed E-state index contributed by atoms with van der Waals surface area (Å²) in [5.41, 5.74) is -0.00903. The van der Waals surface area contributed by atoms with E-state index in [9.17, 15) is 14.4 Å². The zero-order valence-corrected chi connectivity index (χ0v) is 11.5. The highest BCUT2D eigenvalue weighted by atomic mass is 16.4. The number of carbonyl (C=O) groups is 3. The van der Waals surface area contributed by atoms with E-state index in [1.807, 2.05) is 0 Å². The summed E-state index contributed by atoms with van der Waals surface area (Å²) in [6, 6.07) is -0.446. The molecule has 0 aliphatic carbocycles. The van der Waals surface area contributed by atoms with E-state index in [1.54, 1.807) is 4.90 Å². The van der Waals surface area contributed by atoms with Gasteiger partial charge < -0.3 is 10.0 Å². The number of aliphatic carboxylic acids is 1. The van der Waals surface area contributed by atoms with Crippen LogP contribution in [0.5, 0.6) is 0 Å². The summed E-state index contributed by atoms with van der Waals surface area (Å²) in [6.07, 6.45) is 1.95. The predicted octanol–water partition coefficient (Wildman–Crippen LogP) is 1.38. The molecule has 3 amide bonds. The van der Waals surface area contributed by atoms with E-state index >= 15 is 0 Å². The molecule has 0 radical (unpaired) electrons. The van der Waals surface area contributed by atoms with Crippen molar-refractivity contribution in [1.82, 2.24) is 10.2 Å². The molecule has 2 N–H and O–H groups in total. The van der Waals surface area contributed by atoms with Crippen molar-refractivity contribution < 1.29 is 19.5 Å². The number of carboxylic acid groups (broad SMARTS) is 1. The highest BCUT2D eigenvalue weighted by Gasteiger charge is 2.26. The molecule has 1 rings (SSSR count). The summed E-state index contributed by atoms with van der Waals surface area (Å²) < 4.78 is 0. The van der Waals surface area contributed by atoms with Gasteiger partial charge in [-0.05, 0) is 26.2 Å². The molecule has 1 aliphatic heterocycles. The van der Waals surface area contributed by atoms with E-state index in [-0.39, 0.29) is 11.1 Å². The molecule has 1 atom stereocenters. The fourth-order valence-electron chi connectivity index (χ4n) is 1.95. The van der Waals surface area contributed by atoms with Crippen LogP contribution in [0.15, 0.2) is 11.1 Å². The molecule has 6 nitrogen and oxygen atoms in total. The summed E-state index contributed by atoms with van der Waals surface area (Å²) in [6.45, 7) is 6.09. The number of carbonyl (C=O) groups excluding carboxylic acids is 2. The van der Waals surface area contributed by atoms with E-state index < -0.39 is 17.9 Å². The number of carboxylic acids is 1. The Morgan fingerprint density at radius 1 is 1.26 bits per heavy atom. The Labute approximate surface area is 112 Å². The minimum Gasteiger partial charge on any atom is -0.478 e. The maximum absolute atomic E-state index is 11.8. The molecule has 1 aliphatic rings. The first-order valence-electron chi connectivity index (χ1n) is 6.37. The van der Waals surface area contributed by atoms with Crippen LogP contribution in [0.1, 0.15) is 33.6 Å². The topological polar surface area (TPSA) is 86.7 Å². The maximum atomic E-state index is 11.8. The van der Waals surface area contributed by atoms with Gasteiger partial charge in [0.1, 0.15) is 0 Å². The second-order valence-corrected chi connectivity index (χ2v) is 4.82. The van der Waals surface area contributed by atoms with Gasteiger partial charge in [-0.1, -0.05) is 13.3 Å². The van der Waals surface area contributed by atoms with Crippen LogP contribution in [0.25, 0.3) is 0 Å². The number of hydrogen-bond acceptors (Lipinski definition) is 3. The predicted molar refractivity (Wildman–Crippen MR) is 69.5 cm³/mol. The zero-order valence-electron chi connectivity index (χ0n) is 11.5. The third-order valence-electron chi connectivity index (χ3n) is 3.59. The van der Waals surface area contributed by atoms with Crippen LogP contribution in [0, 0.1) is 5.92 Å². The lowest BCUT2D eigenvalue weighted by molar-refractivity contribution is -0.133. The van der Waals surface area contributed by atoms with Crippen molar-refractivity contribution in [1.29, 1.82) is 0 Å². The third-order valence-corrected chi connectivity index (χ3v) is 3.59. The summed E-state index contributed by atoms with van der Waals surface area (Å²) in [5.74, 6) is -1.32. The van der Waals surface area contributed by atoms with Crippen molar-refractivity contribution >= 4 is 17.9 Å². The summed E-state index contributed by atoms with van der Waals surface area (Å²) in [4.78, 5) is 35.9. The Bertz CT molecular complexity index is 428. The number of hydrogen-bond donors (Lipinski definition) is 2. The number of rotatable bonds is 3. The van der Waals surface area contributed by atoms with E-state index in [2.05, 4.69) is 12.2 Å². The number of imide groups is 1. The van der Waals surface area contributed by atoms with E-state index in [1.165, 1.54) is 13.8 Å². The number of nitrogens with one attached hydrogen (secondary N) is 1. The summed E-state index contributed by atoms with van der Waals surface area (Å²) >= 11 is 0. The van der Waals surface area contributed by atoms with Gasteiger partial charge in [-0.25, -0.2) is 9.59 Å². The van der Waals surface area contributed by atoms with Gasteiger partial charge in [0.05, 0.1) is 0 Å². The molecule has 0 bridgehead atoms. The van der Waals surface area contributed by atoms with Crippen molar-refractivity contribution in [3.05, 3.63) is 11.1 Å². The lowest BCUT2D eigenvalue weighted by Crippen LogP contribution is -2.42. The SMILES string of the molecule is CCC1CCN(C(=O)NC(=O)C(C)=C(C)C(=O)O)C1. The van der Waals surface area contributed by atoms with Crippen LogP contribution in [0.2, 0.25) is 0 Å². The number of nitrogens with zero attached hydrogens (tertiary/aromatic N) is 1. The molecule has 0 aromatic heterocycles. The number of urea groups is 1. The molecule has 6 heteroatoms. The molecule has 19 heavy (non-hydrogen) atoms. The molecule has 0 saturated carbocycles. The molecule has 1 fully saturated rings. The van der Waals surface area contributed by atoms with Gasteiger partial charge in [-0.2, -0.15) is 0 Å². The van der Waals surface area contributed by atoms with Crippen LogP contribution in [-0.4, -0.2) is 41.0 Å². The van der Waals surface area contributed by atoms with E-state index in [0.717, 1.165) is 12.8 Å². The number of likely N-dealkylation sites (tertiary alicyclic amines) is 1. The second kappa shape index (κ2) is 6.36. The van der Waals surface area contributed by atoms with Crippen LogP contribution >= 0.6 is 0 Å². The third kappa shape index (κ3) is 3.81. The van der Waals surface area contributed by atoms with Gasteiger partial charge in [0.2, 0.25) is 0 Å². The monoisotopic (exact) mass is 268 g/mol. The molecule has 0 aromatic rings. The van der Waals surface area contributed by atoms with Crippen molar-refractivity contribution in [3.63, 3.8) is 0 Å². The first-order valence-corrected chi connectivity index (χ1v) is 6.37. The molecular weight excluding hydrogens is 248 g/mol. The smallest absolute Gasteiger partial charge is 0.331 e. The van der Waals surface area contributed by atoms with Crippen molar-refractivity contribution in [2.75, 3.05) is 13.1 Å². The van der Waals surface area contributed by atoms with Crippen LogP contribution in [0.4, 0.5) is 4.79 Å². The largest absolute Gasteiger partial charge is 0.478 e. The van der Waals surface area contributed by atoms with E-state index in [0.29, 0.717) is 19.0 Å². The minimum atomic E-state index is -1.16. The fourth-order valence-corrected chi connectivity index (χ4v) is 1.95. The van der Waals surface area contributed by atoms with Crippen LogP contribution in [0.3, 0.4) is 0 Å². The van der Waals surface area contributed by atoms with Crippen LogP contribution < -0.4 is 5.32 Å². The maximum Gasteiger partial charge on any atom is 0.331 e. The van der Waals surface area contributed by atoms with Crippen molar-refractivity contribution in [2.45, 2.75) is 33.6 Å². The Balaban J connectivity index is 2.61. The average molecular weight is 268 g/mol. The Morgan fingerprint density at radius 2 is 1.89 bits per heavy atom. The first kappa shape index (κ1) is 15.2. The molecule has 106 valence electrons. The standard InChI is InChI=1S/C13H20N2O4/c1-4-10-5-6-15(7-10)13(19)14-11(16)8(2)9(3)12(17)18/h10H,4-7H2,1-3H3,(H,17,18)(H,14,16,19). The normalized spacial score (nSPS) is 19.9. The highest BCUT2D eigenvalue weighted by molar-refractivity contribution is 6.07. The minimum absolute atomic E-state index is 0.0482. The van der Waals surface area contributed by atoms with Crippen LogP contribution in [-0.2, 0) is 9.59 Å². The van der Waals surface area contributed by atoms with Gasteiger partial charge in [0, 0.05) is 24.2 Å². The molecular formula is C13H20N2O4. The Hall–Kier alpha value is -1.85. The lowest BCUT2D eigenvalue weighted by Gasteiger charge is -2.16. The fraction of sp³-hybridized carbons (Fsp3) is 0.615. The zero-order chi connectivity index (χ0) is 14.6. The van der Waals surface area contributed by atoms with Crippen molar-refractivity contribution in [3.8, 4) is 0 Å². The molecule has 1 heterocycles. The van der Waals surface area contributed by atoms with Gasteiger partial charge >= 0.3 is 12.0 Å². The highest BCUT2D eigenvalue weighted by Crippen LogP contribution is 2.18. The van der Waals surface area contributed by atoms with Gasteiger partial charge in [0.25, 0.3) is 5.91 Å². The van der Waals surface area contributed by atoms with E-state index in [4.69, 9.17) is 5.11 Å². The Kier molecular flexibility index (Phi) is 5.09. The quantitative estimate of drug-likeness (QED) is 0.757. The molecule has 0 spiro atoms. The Morgan fingerprint density at radius 3 is 2.37 bits per heavy atom.